The number of hydrogen-bond acceptors (Lipinski definition) is 4. The highest BCUT2D eigenvalue weighted by Gasteiger charge is 2.22. The normalized spacial score (nSPS) is 18.5. The number of nitrogens with one attached hydrogen (secondary N) is 1. The van der Waals surface area contributed by atoms with Gasteiger partial charge in [-0.15, -0.1) is 0 Å². The van der Waals surface area contributed by atoms with Gasteiger partial charge in [0, 0.05) is 26.1 Å². The maximum Gasteiger partial charge on any atom is 0.217 e. The Balaban J connectivity index is 1.86. The number of carbonyl (C=O) groups excluding carboxylic acids is 1. The molecular formula is C15H16Cl2N4O. The summed E-state index contributed by atoms with van der Waals surface area (Å²) in [7, 11) is 0. The maximum absolute atomic E-state index is 11.2. The average Bonchev–Trinajstić information content (AvgIpc) is 2.47. The predicted octanol–water partition coefficient (Wildman–Crippen LogP) is 3.04. The lowest BCUT2D eigenvalue weighted by Crippen LogP contribution is -2.47. The number of aromatic nitrogens is 2. The van der Waals surface area contributed by atoms with Crippen molar-refractivity contribution in [3.05, 3.63) is 28.4 Å². The van der Waals surface area contributed by atoms with E-state index in [0.717, 1.165) is 31.7 Å². The van der Waals surface area contributed by atoms with Gasteiger partial charge >= 0.3 is 0 Å². The van der Waals surface area contributed by atoms with Crippen LogP contribution in [0.4, 0.5) is 5.82 Å². The maximum atomic E-state index is 11.2. The lowest BCUT2D eigenvalue weighted by Gasteiger charge is -2.33. The van der Waals surface area contributed by atoms with Crippen molar-refractivity contribution in [1.29, 1.82) is 0 Å². The first-order valence-corrected chi connectivity index (χ1v) is 7.92. The Kier molecular flexibility index (Phi) is 4.36. The molecule has 1 aromatic heterocycles. The van der Waals surface area contributed by atoms with Gasteiger partial charge in [-0.3, -0.25) is 9.78 Å². The molecule has 0 spiro atoms. The Morgan fingerprint density at radius 3 is 2.77 bits per heavy atom. The second-order valence-corrected chi connectivity index (χ2v) is 6.28. The molecule has 0 bridgehead atoms. The van der Waals surface area contributed by atoms with Gasteiger partial charge in [0.25, 0.3) is 0 Å². The smallest absolute Gasteiger partial charge is 0.217 e. The second kappa shape index (κ2) is 6.26. The highest BCUT2D eigenvalue weighted by atomic mass is 35.5. The van der Waals surface area contributed by atoms with Crippen LogP contribution in [-0.4, -0.2) is 35.0 Å². The molecule has 1 aliphatic rings. The monoisotopic (exact) mass is 338 g/mol. The van der Waals surface area contributed by atoms with Gasteiger partial charge in [-0.2, -0.15) is 0 Å². The van der Waals surface area contributed by atoms with Crippen molar-refractivity contribution in [2.45, 2.75) is 25.8 Å². The number of nitrogens with zero attached hydrogens (tertiary/aromatic N) is 3. The van der Waals surface area contributed by atoms with Crippen LogP contribution in [0.15, 0.2) is 18.3 Å². The molecule has 5 nitrogen and oxygen atoms in total. The highest BCUT2D eigenvalue weighted by Crippen LogP contribution is 2.27. The van der Waals surface area contributed by atoms with Gasteiger partial charge < -0.3 is 10.2 Å². The molecule has 22 heavy (non-hydrogen) atoms. The minimum absolute atomic E-state index is 0.00197. The molecule has 2 heterocycles. The molecule has 116 valence electrons. The third-order valence-corrected chi connectivity index (χ3v) is 4.45. The summed E-state index contributed by atoms with van der Waals surface area (Å²) < 4.78 is 0. The zero-order valence-corrected chi connectivity index (χ0v) is 13.7. The number of fused-ring (bicyclic) bond motifs is 1. The lowest BCUT2D eigenvalue weighted by molar-refractivity contribution is -0.119. The first kappa shape index (κ1) is 15.3. The molecule has 1 fully saturated rings. The molecule has 2 aromatic rings. The van der Waals surface area contributed by atoms with E-state index in [2.05, 4.69) is 20.2 Å². The minimum atomic E-state index is -0.00197. The summed E-state index contributed by atoms with van der Waals surface area (Å²) in [5.74, 6) is 0.791. The van der Waals surface area contributed by atoms with E-state index in [9.17, 15) is 4.79 Å². The summed E-state index contributed by atoms with van der Waals surface area (Å²) in [5, 5.41) is 3.91. The number of halogens is 2. The van der Waals surface area contributed by atoms with E-state index in [0.29, 0.717) is 21.1 Å². The quantitative estimate of drug-likeness (QED) is 0.914. The van der Waals surface area contributed by atoms with Crippen LogP contribution in [0.1, 0.15) is 19.8 Å². The predicted molar refractivity (Wildman–Crippen MR) is 88.6 cm³/mol. The molecule has 0 aliphatic carbocycles. The molecule has 7 heteroatoms. The van der Waals surface area contributed by atoms with Crippen LogP contribution < -0.4 is 10.2 Å². The molecule has 3 rings (SSSR count). The number of amides is 1. The largest absolute Gasteiger partial charge is 0.353 e. The summed E-state index contributed by atoms with van der Waals surface area (Å²) in [6, 6.07) is 3.59. The third kappa shape index (κ3) is 3.25. The van der Waals surface area contributed by atoms with Gasteiger partial charge in [-0.25, -0.2) is 4.98 Å². The number of carbonyl (C=O) groups is 1. The summed E-state index contributed by atoms with van der Waals surface area (Å²) >= 11 is 12.0. The first-order valence-electron chi connectivity index (χ1n) is 7.17. The lowest BCUT2D eigenvalue weighted by atomic mass is 10.1. The number of anilines is 1. The molecule has 1 aliphatic heterocycles. The SMILES string of the molecule is CC(=O)N[C@@H]1CCCN(c2cnc3cc(Cl)c(Cl)cc3n2)C1. The number of benzene rings is 1. The van der Waals surface area contributed by atoms with Crippen LogP contribution in [0.2, 0.25) is 10.0 Å². The van der Waals surface area contributed by atoms with Crippen molar-refractivity contribution < 1.29 is 4.79 Å². The molecule has 1 N–H and O–H groups in total. The summed E-state index contributed by atoms with van der Waals surface area (Å²) in [6.07, 6.45) is 3.73. The Bertz CT molecular complexity index is 722. The van der Waals surface area contributed by atoms with E-state index in [1.807, 2.05) is 0 Å². The topological polar surface area (TPSA) is 58.1 Å². The summed E-state index contributed by atoms with van der Waals surface area (Å²) in [6.45, 7) is 3.18. The summed E-state index contributed by atoms with van der Waals surface area (Å²) in [4.78, 5) is 22.4. The van der Waals surface area contributed by atoms with Crippen LogP contribution in [0.3, 0.4) is 0 Å². The number of piperidine rings is 1. The van der Waals surface area contributed by atoms with Gasteiger partial charge in [0.05, 0.1) is 27.3 Å². The van der Waals surface area contributed by atoms with Crippen molar-refractivity contribution in [3.63, 3.8) is 0 Å². The molecule has 0 unspecified atom stereocenters. The van der Waals surface area contributed by atoms with Crippen molar-refractivity contribution in [2.24, 2.45) is 0 Å². The molecule has 1 saturated heterocycles. The van der Waals surface area contributed by atoms with Crippen LogP contribution in [0, 0.1) is 0 Å². The summed E-state index contributed by atoms with van der Waals surface area (Å²) in [5.41, 5.74) is 1.43. The molecule has 1 aromatic carbocycles. The van der Waals surface area contributed by atoms with Crippen molar-refractivity contribution in [3.8, 4) is 0 Å². The van der Waals surface area contributed by atoms with Crippen LogP contribution in [-0.2, 0) is 4.79 Å². The molecule has 0 radical (unpaired) electrons. The first-order chi connectivity index (χ1) is 10.5. The zero-order valence-electron chi connectivity index (χ0n) is 12.1. The minimum Gasteiger partial charge on any atom is -0.353 e. The van der Waals surface area contributed by atoms with Crippen molar-refractivity contribution >= 4 is 46.0 Å². The Labute approximate surface area is 138 Å². The number of rotatable bonds is 2. The van der Waals surface area contributed by atoms with Crippen molar-refractivity contribution in [2.75, 3.05) is 18.0 Å². The molecular weight excluding hydrogens is 323 g/mol. The van der Waals surface area contributed by atoms with E-state index in [1.165, 1.54) is 0 Å². The van der Waals surface area contributed by atoms with E-state index < -0.39 is 0 Å². The Hall–Kier alpha value is -1.59. The fraction of sp³-hybridized carbons (Fsp3) is 0.400. The van der Waals surface area contributed by atoms with E-state index in [-0.39, 0.29) is 11.9 Å². The standard InChI is InChI=1S/C15H16Cl2N4O/c1-9(22)19-10-3-2-4-21(8-10)15-7-18-13-5-11(16)12(17)6-14(13)20-15/h5-7,10H,2-4,8H2,1H3,(H,19,22)/t10-/m1/s1. The second-order valence-electron chi connectivity index (χ2n) is 5.47. The average molecular weight is 339 g/mol. The molecule has 0 saturated carbocycles. The Morgan fingerprint density at radius 1 is 1.32 bits per heavy atom. The van der Waals surface area contributed by atoms with Gasteiger partial charge in [0.2, 0.25) is 5.91 Å². The third-order valence-electron chi connectivity index (χ3n) is 3.72. The van der Waals surface area contributed by atoms with Gasteiger partial charge in [0.15, 0.2) is 0 Å². The van der Waals surface area contributed by atoms with Gasteiger partial charge in [0.1, 0.15) is 5.82 Å². The fourth-order valence-corrected chi connectivity index (χ4v) is 3.06. The van der Waals surface area contributed by atoms with Crippen molar-refractivity contribution in [1.82, 2.24) is 15.3 Å². The van der Waals surface area contributed by atoms with Gasteiger partial charge in [-0.05, 0) is 25.0 Å². The fourth-order valence-electron chi connectivity index (χ4n) is 2.74. The Morgan fingerprint density at radius 2 is 2.05 bits per heavy atom. The zero-order chi connectivity index (χ0) is 15.7. The van der Waals surface area contributed by atoms with E-state index >= 15 is 0 Å². The van der Waals surface area contributed by atoms with Gasteiger partial charge in [-0.1, -0.05) is 23.2 Å². The number of hydrogen-bond donors (Lipinski definition) is 1. The highest BCUT2D eigenvalue weighted by molar-refractivity contribution is 6.42. The van der Waals surface area contributed by atoms with Crippen LogP contribution in [0.25, 0.3) is 11.0 Å². The van der Waals surface area contributed by atoms with E-state index in [4.69, 9.17) is 23.2 Å². The van der Waals surface area contributed by atoms with Crippen LogP contribution >= 0.6 is 23.2 Å². The van der Waals surface area contributed by atoms with E-state index in [1.54, 1.807) is 25.3 Å². The van der Waals surface area contributed by atoms with Crippen LogP contribution in [0.5, 0.6) is 0 Å². The molecule has 1 amide bonds. The molecule has 1 atom stereocenters.